The predicted molar refractivity (Wildman–Crippen MR) is 45.5 cm³/mol. The molecule has 2 aromatic rings. The van der Waals surface area contributed by atoms with Crippen molar-refractivity contribution in [1.29, 1.82) is 0 Å². The van der Waals surface area contributed by atoms with Crippen LogP contribution in [0, 0.1) is 0 Å². The van der Waals surface area contributed by atoms with Gasteiger partial charge in [-0.2, -0.15) is 0 Å². The van der Waals surface area contributed by atoms with Crippen LogP contribution in [-0.4, -0.2) is 31.0 Å². The first kappa shape index (κ1) is 7.46. The van der Waals surface area contributed by atoms with Crippen LogP contribution in [-0.2, 0) is 0 Å². The van der Waals surface area contributed by atoms with Gasteiger partial charge in [0.1, 0.15) is 0 Å². The summed E-state index contributed by atoms with van der Waals surface area (Å²) in [6, 6.07) is 1.74. The molecule has 0 bridgehead atoms. The number of fused-ring (bicyclic) bond motifs is 1. The van der Waals surface area contributed by atoms with Gasteiger partial charge in [-0.3, -0.25) is 0 Å². The van der Waals surface area contributed by atoms with E-state index in [2.05, 4.69) is 31.0 Å². The van der Waals surface area contributed by atoms with E-state index < -0.39 is 0 Å². The van der Waals surface area contributed by atoms with Crippen molar-refractivity contribution in [3.63, 3.8) is 0 Å². The van der Waals surface area contributed by atoms with Crippen LogP contribution in [0.5, 0.6) is 0 Å². The third-order valence-electron chi connectivity index (χ3n) is 1.50. The molecule has 2 heterocycles. The fraction of sp³-hybridized carbons (Fsp3) is 0. The van der Waals surface area contributed by atoms with Gasteiger partial charge in [-0.05, 0) is 0 Å². The van der Waals surface area contributed by atoms with Gasteiger partial charge in [-0.1, -0.05) is 0 Å². The monoisotopic (exact) mass is 226 g/mol. The molecule has 0 aliphatic rings. The summed E-state index contributed by atoms with van der Waals surface area (Å²) in [6.07, 6.45) is 3.07. The molecular weight excluding hydrogens is 221 g/mol. The van der Waals surface area contributed by atoms with E-state index in [1.807, 2.05) is 0 Å². The maximum atomic E-state index is 11.1. The van der Waals surface area contributed by atoms with E-state index in [0.29, 0.717) is 15.6 Å². The van der Waals surface area contributed by atoms with Crippen molar-refractivity contribution in [2.75, 3.05) is 0 Å². The molecule has 0 aliphatic carbocycles. The number of aromatic amines is 1. The molecule has 0 spiro atoms. The van der Waals surface area contributed by atoms with Crippen molar-refractivity contribution in [3.05, 3.63) is 28.8 Å². The Bertz CT molecular complexity index is 479. The normalized spacial score (nSPS) is 10.3. The molecule has 0 amide bonds. The van der Waals surface area contributed by atoms with Gasteiger partial charge < -0.3 is 0 Å². The minimum absolute atomic E-state index is 0.160. The van der Waals surface area contributed by atoms with E-state index in [1.165, 1.54) is 6.20 Å². The van der Waals surface area contributed by atoms with E-state index in [1.54, 1.807) is 12.3 Å². The van der Waals surface area contributed by atoms with Crippen LogP contribution in [0.3, 0.4) is 0 Å². The second kappa shape index (κ2) is 2.69. The first-order chi connectivity index (χ1) is 5.77. The Morgan fingerprint density at radius 1 is 1.50 bits per heavy atom. The molecule has 12 heavy (non-hydrogen) atoms. The van der Waals surface area contributed by atoms with E-state index in [9.17, 15) is 4.79 Å². The molecule has 0 saturated heterocycles. The van der Waals surface area contributed by atoms with E-state index in [-0.39, 0.29) is 5.56 Å². The number of pyridine rings is 1. The number of hydrogen-bond acceptors (Lipinski definition) is 3. The zero-order chi connectivity index (χ0) is 8.55. The van der Waals surface area contributed by atoms with Crippen molar-refractivity contribution in [3.8, 4) is 0 Å². The summed E-state index contributed by atoms with van der Waals surface area (Å²) in [4.78, 5) is 21.6. The van der Waals surface area contributed by atoms with Crippen molar-refractivity contribution >= 4 is 31.6 Å². The Balaban J connectivity index is 2.96. The van der Waals surface area contributed by atoms with Gasteiger partial charge in [0, 0.05) is 0 Å². The number of nitrogens with zero attached hydrogens (tertiary/aromatic N) is 2. The molecular formula is C7H4N3OSe. The zero-order valence-corrected chi connectivity index (χ0v) is 7.66. The molecule has 5 heteroatoms. The molecule has 1 N–H and O–H groups in total. The third-order valence-corrected chi connectivity index (χ3v) is 1.91. The van der Waals surface area contributed by atoms with Crippen molar-refractivity contribution < 1.29 is 0 Å². The van der Waals surface area contributed by atoms with Gasteiger partial charge in [0.25, 0.3) is 0 Å². The second-order valence-corrected chi connectivity index (χ2v) is 3.02. The molecule has 2 aromatic heterocycles. The Morgan fingerprint density at radius 3 is 3.17 bits per heavy atom. The van der Waals surface area contributed by atoms with Gasteiger partial charge in [0.2, 0.25) is 0 Å². The Labute approximate surface area is 75.9 Å². The molecule has 2 rings (SSSR count). The van der Waals surface area contributed by atoms with Gasteiger partial charge >= 0.3 is 75.4 Å². The van der Waals surface area contributed by atoms with Gasteiger partial charge in [-0.15, -0.1) is 0 Å². The second-order valence-electron chi connectivity index (χ2n) is 2.26. The van der Waals surface area contributed by atoms with E-state index in [4.69, 9.17) is 0 Å². The zero-order valence-electron chi connectivity index (χ0n) is 5.94. The third kappa shape index (κ3) is 1.13. The number of nitrogens with one attached hydrogen (secondary N) is 1. The molecule has 0 saturated carbocycles. The van der Waals surface area contributed by atoms with Crippen molar-refractivity contribution in [2.24, 2.45) is 0 Å². The topological polar surface area (TPSA) is 58.6 Å². The fourth-order valence-electron chi connectivity index (χ4n) is 0.954. The first-order valence-corrected chi connectivity index (χ1v) is 4.14. The van der Waals surface area contributed by atoms with Crippen LogP contribution >= 0.6 is 0 Å². The standard InChI is InChI=1S/C7H4N3OSe/c11-6-4-3-9-7(12)10-5(4)1-2-8-6/h1-3H,(H,8,11). The Morgan fingerprint density at radius 2 is 2.33 bits per heavy atom. The van der Waals surface area contributed by atoms with Crippen LogP contribution in [0.1, 0.15) is 0 Å². The average Bonchev–Trinajstić information content (AvgIpc) is 2.04. The Kier molecular flexibility index (Phi) is 1.67. The summed E-state index contributed by atoms with van der Waals surface area (Å²) in [6.45, 7) is 0. The van der Waals surface area contributed by atoms with E-state index >= 15 is 0 Å². The fourth-order valence-corrected chi connectivity index (χ4v) is 1.27. The van der Waals surface area contributed by atoms with E-state index in [0.717, 1.165) is 0 Å². The molecule has 0 unspecified atom stereocenters. The molecule has 0 atom stereocenters. The predicted octanol–water partition coefficient (Wildman–Crippen LogP) is -0.888. The van der Waals surface area contributed by atoms with Crippen molar-refractivity contribution in [2.45, 2.75) is 0 Å². The minimum atomic E-state index is -0.160. The summed E-state index contributed by atoms with van der Waals surface area (Å²) >= 11 is 2.68. The average molecular weight is 225 g/mol. The summed E-state index contributed by atoms with van der Waals surface area (Å²) in [7, 11) is 0. The number of rotatable bonds is 0. The number of aromatic nitrogens is 3. The van der Waals surface area contributed by atoms with Gasteiger partial charge in [-0.25, -0.2) is 0 Å². The van der Waals surface area contributed by atoms with Gasteiger partial charge in [0.15, 0.2) is 0 Å². The SMILES string of the molecule is O=c1[nH]ccc2nc([Se])ncc12. The molecule has 0 aliphatic heterocycles. The van der Waals surface area contributed by atoms with Crippen LogP contribution in [0.2, 0.25) is 0 Å². The number of hydrogen-bond donors (Lipinski definition) is 1. The van der Waals surface area contributed by atoms with Gasteiger partial charge in [0.05, 0.1) is 0 Å². The van der Waals surface area contributed by atoms with Crippen LogP contribution in [0.25, 0.3) is 10.9 Å². The molecule has 0 aromatic carbocycles. The first-order valence-electron chi connectivity index (χ1n) is 3.29. The van der Waals surface area contributed by atoms with Crippen LogP contribution < -0.4 is 10.3 Å². The van der Waals surface area contributed by atoms with Crippen LogP contribution in [0.4, 0.5) is 0 Å². The number of H-pyrrole nitrogens is 1. The quantitative estimate of drug-likeness (QED) is 0.592. The van der Waals surface area contributed by atoms with Crippen LogP contribution in [0.15, 0.2) is 23.3 Å². The molecule has 4 nitrogen and oxygen atoms in total. The summed E-state index contributed by atoms with van der Waals surface area (Å²) in [5.41, 5.74) is 0.495. The Hall–Kier alpha value is -1.19. The maximum absolute atomic E-state index is 11.1. The molecule has 0 fully saturated rings. The summed E-state index contributed by atoms with van der Waals surface area (Å²) < 4.78 is 0.549. The summed E-state index contributed by atoms with van der Waals surface area (Å²) in [5, 5.41) is 0.511. The summed E-state index contributed by atoms with van der Waals surface area (Å²) in [5.74, 6) is 0. The molecule has 59 valence electrons. The van der Waals surface area contributed by atoms with Crippen molar-refractivity contribution in [1.82, 2.24) is 15.0 Å². The molecule has 1 radical (unpaired) electrons.